The molecular formula is C14H26N2. The lowest BCUT2D eigenvalue weighted by Crippen LogP contribution is -2.37. The molecule has 0 bridgehead atoms. The maximum Gasteiger partial charge on any atom is 0.0238 e. The van der Waals surface area contributed by atoms with Gasteiger partial charge in [0.25, 0.3) is 0 Å². The van der Waals surface area contributed by atoms with Gasteiger partial charge in [-0.05, 0) is 52.2 Å². The van der Waals surface area contributed by atoms with Crippen molar-refractivity contribution in [3.8, 4) is 12.3 Å². The van der Waals surface area contributed by atoms with Crippen LogP contribution >= 0.6 is 0 Å². The van der Waals surface area contributed by atoms with Gasteiger partial charge in [-0.25, -0.2) is 0 Å². The molecule has 1 heterocycles. The lowest BCUT2D eigenvalue weighted by Gasteiger charge is -2.21. The van der Waals surface area contributed by atoms with Gasteiger partial charge in [-0.3, -0.25) is 0 Å². The Kier molecular flexibility index (Phi) is 6.52. The molecular weight excluding hydrogens is 196 g/mol. The maximum absolute atomic E-state index is 5.33. The molecule has 2 nitrogen and oxygen atoms in total. The van der Waals surface area contributed by atoms with Crippen LogP contribution in [0.3, 0.4) is 0 Å². The Morgan fingerprint density at radius 3 is 2.94 bits per heavy atom. The summed E-state index contributed by atoms with van der Waals surface area (Å²) in [6.07, 6.45) is 11.3. The lowest BCUT2D eigenvalue weighted by molar-refractivity contribution is 0.281. The average molecular weight is 222 g/mol. The third kappa shape index (κ3) is 5.01. The van der Waals surface area contributed by atoms with E-state index in [1.165, 1.54) is 45.3 Å². The molecule has 2 atom stereocenters. The lowest BCUT2D eigenvalue weighted by atomic mass is 10.1. The van der Waals surface area contributed by atoms with E-state index in [0.717, 1.165) is 6.42 Å². The van der Waals surface area contributed by atoms with Gasteiger partial charge in [-0.1, -0.05) is 6.92 Å². The Bertz CT molecular complexity index is 219. The summed E-state index contributed by atoms with van der Waals surface area (Å²) in [5.41, 5.74) is 0. The molecule has 0 spiro atoms. The summed E-state index contributed by atoms with van der Waals surface area (Å²) in [4.78, 5) is 2.59. The van der Waals surface area contributed by atoms with E-state index in [-0.39, 0.29) is 0 Å². The van der Waals surface area contributed by atoms with Crippen molar-refractivity contribution in [1.82, 2.24) is 10.2 Å². The summed E-state index contributed by atoms with van der Waals surface area (Å²) in [5.74, 6) is 2.73. The van der Waals surface area contributed by atoms with Crippen molar-refractivity contribution < 1.29 is 0 Å². The molecule has 0 saturated carbocycles. The number of hydrogen-bond acceptors (Lipinski definition) is 2. The highest BCUT2D eigenvalue weighted by molar-refractivity contribution is 4.89. The highest BCUT2D eigenvalue weighted by Gasteiger charge is 2.17. The van der Waals surface area contributed by atoms with E-state index in [9.17, 15) is 0 Å². The Morgan fingerprint density at radius 2 is 2.25 bits per heavy atom. The summed E-state index contributed by atoms with van der Waals surface area (Å²) in [6, 6.07) is 1.14. The van der Waals surface area contributed by atoms with Crippen molar-refractivity contribution in [3.63, 3.8) is 0 Å². The van der Waals surface area contributed by atoms with Crippen LogP contribution in [0.1, 0.15) is 46.0 Å². The second-order valence-electron chi connectivity index (χ2n) is 4.95. The fraction of sp³-hybridized carbons (Fsp3) is 0.857. The summed E-state index contributed by atoms with van der Waals surface area (Å²) >= 11 is 0. The predicted octanol–water partition coefficient (Wildman–Crippen LogP) is 2.25. The first-order valence-corrected chi connectivity index (χ1v) is 6.68. The standard InChI is InChI=1S/C14H26N2/c1-4-7-13(3)15-14-8-6-11-16(10-5-2)12-9-14/h1,13-15H,5-12H2,2-3H3. The molecule has 1 aliphatic heterocycles. The highest BCUT2D eigenvalue weighted by Crippen LogP contribution is 2.12. The smallest absolute Gasteiger partial charge is 0.0238 e. The van der Waals surface area contributed by atoms with E-state index in [1.807, 2.05) is 0 Å². The molecule has 2 heteroatoms. The van der Waals surface area contributed by atoms with Gasteiger partial charge in [0.1, 0.15) is 0 Å². The van der Waals surface area contributed by atoms with E-state index in [0.29, 0.717) is 12.1 Å². The van der Waals surface area contributed by atoms with Crippen LogP contribution in [0.2, 0.25) is 0 Å². The number of nitrogens with one attached hydrogen (secondary N) is 1. The molecule has 1 N–H and O–H groups in total. The van der Waals surface area contributed by atoms with Gasteiger partial charge in [-0.15, -0.1) is 12.3 Å². The zero-order valence-electron chi connectivity index (χ0n) is 10.8. The number of rotatable bonds is 5. The van der Waals surface area contributed by atoms with Crippen molar-refractivity contribution in [2.45, 2.75) is 58.0 Å². The van der Waals surface area contributed by atoms with Gasteiger partial charge < -0.3 is 10.2 Å². The minimum Gasteiger partial charge on any atom is -0.311 e. The third-order valence-corrected chi connectivity index (χ3v) is 3.30. The summed E-state index contributed by atoms with van der Waals surface area (Å²) in [7, 11) is 0. The highest BCUT2D eigenvalue weighted by atomic mass is 15.1. The minimum atomic E-state index is 0.465. The molecule has 0 aromatic heterocycles. The molecule has 0 radical (unpaired) electrons. The van der Waals surface area contributed by atoms with E-state index in [4.69, 9.17) is 6.42 Å². The molecule has 2 unspecified atom stereocenters. The molecule has 1 rings (SSSR count). The molecule has 0 aromatic carbocycles. The van der Waals surface area contributed by atoms with Gasteiger partial charge in [0.2, 0.25) is 0 Å². The molecule has 0 aliphatic carbocycles. The Morgan fingerprint density at radius 1 is 1.44 bits per heavy atom. The summed E-state index contributed by atoms with van der Waals surface area (Å²) in [6.45, 7) is 8.22. The summed E-state index contributed by atoms with van der Waals surface area (Å²) < 4.78 is 0. The van der Waals surface area contributed by atoms with E-state index in [1.54, 1.807) is 0 Å². The monoisotopic (exact) mass is 222 g/mol. The fourth-order valence-corrected chi connectivity index (χ4v) is 2.50. The third-order valence-electron chi connectivity index (χ3n) is 3.30. The molecule has 92 valence electrons. The fourth-order valence-electron chi connectivity index (χ4n) is 2.50. The van der Waals surface area contributed by atoms with Crippen molar-refractivity contribution in [2.24, 2.45) is 0 Å². The molecule has 0 amide bonds. The number of nitrogens with zero attached hydrogens (tertiary/aromatic N) is 1. The largest absolute Gasteiger partial charge is 0.311 e. The van der Waals surface area contributed by atoms with E-state index >= 15 is 0 Å². The second-order valence-corrected chi connectivity index (χ2v) is 4.95. The van der Waals surface area contributed by atoms with Crippen molar-refractivity contribution in [2.75, 3.05) is 19.6 Å². The normalized spacial score (nSPS) is 24.7. The van der Waals surface area contributed by atoms with Crippen LogP contribution in [0, 0.1) is 12.3 Å². The van der Waals surface area contributed by atoms with Crippen molar-refractivity contribution in [1.29, 1.82) is 0 Å². The number of terminal acetylenes is 1. The zero-order chi connectivity index (χ0) is 11.8. The first-order chi connectivity index (χ1) is 7.76. The maximum atomic E-state index is 5.33. The average Bonchev–Trinajstić information content (AvgIpc) is 2.45. The second kappa shape index (κ2) is 7.70. The van der Waals surface area contributed by atoms with Crippen molar-refractivity contribution in [3.05, 3.63) is 0 Å². The van der Waals surface area contributed by atoms with Crippen LogP contribution in [0.25, 0.3) is 0 Å². The zero-order valence-corrected chi connectivity index (χ0v) is 10.8. The molecule has 1 saturated heterocycles. The first-order valence-electron chi connectivity index (χ1n) is 6.68. The SMILES string of the molecule is C#CCC(C)NC1CCCN(CCC)CC1. The van der Waals surface area contributed by atoms with Crippen LogP contribution in [-0.2, 0) is 0 Å². The topological polar surface area (TPSA) is 15.3 Å². The Balaban J connectivity index is 2.27. The van der Waals surface area contributed by atoms with Crippen LogP contribution in [0.4, 0.5) is 0 Å². The molecule has 1 fully saturated rings. The van der Waals surface area contributed by atoms with Crippen LogP contribution in [0.5, 0.6) is 0 Å². The quantitative estimate of drug-likeness (QED) is 0.718. The van der Waals surface area contributed by atoms with Gasteiger partial charge >= 0.3 is 0 Å². The molecule has 1 aliphatic rings. The van der Waals surface area contributed by atoms with Crippen LogP contribution in [0.15, 0.2) is 0 Å². The number of likely N-dealkylation sites (tertiary alicyclic amines) is 1. The Labute approximate surface area is 101 Å². The van der Waals surface area contributed by atoms with E-state index < -0.39 is 0 Å². The number of hydrogen-bond donors (Lipinski definition) is 1. The van der Waals surface area contributed by atoms with Gasteiger partial charge in [0.15, 0.2) is 0 Å². The predicted molar refractivity (Wildman–Crippen MR) is 70.4 cm³/mol. The molecule has 0 aromatic rings. The molecule has 16 heavy (non-hydrogen) atoms. The van der Waals surface area contributed by atoms with E-state index in [2.05, 4.69) is 30.0 Å². The van der Waals surface area contributed by atoms with Gasteiger partial charge in [0.05, 0.1) is 0 Å². The van der Waals surface area contributed by atoms with Crippen LogP contribution < -0.4 is 5.32 Å². The van der Waals surface area contributed by atoms with Gasteiger partial charge in [0, 0.05) is 18.5 Å². The van der Waals surface area contributed by atoms with Crippen molar-refractivity contribution >= 4 is 0 Å². The minimum absolute atomic E-state index is 0.465. The summed E-state index contributed by atoms with van der Waals surface area (Å²) in [5, 5.41) is 3.65. The first kappa shape index (κ1) is 13.5. The van der Waals surface area contributed by atoms with Gasteiger partial charge in [-0.2, -0.15) is 0 Å². The van der Waals surface area contributed by atoms with Crippen LogP contribution in [-0.4, -0.2) is 36.6 Å². The Hall–Kier alpha value is -0.520.